The van der Waals surface area contributed by atoms with Crippen LogP contribution < -0.4 is 5.32 Å². The fraction of sp³-hybridized carbons (Fsp3) is 0.500. The molecule has 0 radical (unpaired) electrons. The van der Waals surface area contributed by atoms with E-state index in [1.54, 1.807) is 0 Å². The summed E-state index contributed by atoms with van der Waals surface area (Å²) in [5.74, 6) is 0.675. The van der Waals surface area contributed by atoms with E-state index >= 15 is 0 Å². The molecule has 0 aliphatic carbocycles. The van der Waals surface area contributed by atoms with E-state index < -0.39 is 0 Å². The van der Waals surface area contributed by atoms with E-state index in [2.05, 4.69) is 60.3 Å². The molecular formula is C18H25N3. The van der Waals surface area contributed by atoms with Gasteiger partial charge in [0.05, 0.1) is 6.07 Å². The monoisotopic (exact) mass is 283 g/mol. The Bertz CT molecular complexity index is 604. The van der Waals surface area contributed by atoms with Gasteiger partial charge in [-0.15, -0.1) is 0 Å². The zero-order valence-electron chi connectivity index (χ0n) is 13.1. The molecule has 3 heteroatoms. The van der Waals surface area contributed by atoms with Gasteiger partial charge in [0.2, 0.25) is 0 Å². The van der Waals surface area contributed by atoms with E-state index in [1.165, 1.54) is 16.5 Å². The Morgan fingerprint density at radius 2 is 2.10 bits per heavy atom. The van der Waals surface area contributed by atoms with Crippen LogP contribution in [0.1, 0.15) is 38.7 Å². The van der Waals surface area contributed by atoms with Gasteiger partial charge in [-0.2, -0.15) is 5.26 Å². The highest BCUT2D eigenvalue weighted by atomic mass is 14.9. The molecule has 3 nitrogen and oxygen atoms in total. The Morgan fingerprint density at radius 1 is 1.24 bits per heavy atom. The third-order valence-electron chi connectivity index (χ3n) is 3.71. The highest BCUT2D eigenvalue weighted by Crippen LogP contribution is 2.21. The van der Waals surface area contributed by atoms with Crippen molar-refractivity contribution in [2.24, 2.45) is 5.92 Å². The van der Waals surface area contributed by atoms with E-state index in [9.17, 15) is 0 Å². The Labute approximate surface area is 127 Å². The molecule has 1 aromatic carbocycles. The summed E-state index contributed by atoms with van der Waals surface area (Å²) in [6, 6.07) is 11.0. The molecule has 0 amide bonds. The van der Waals surface area contributed by atoms with Crippen molar-refractivity contribution in [3.05, 3.63) is 36.0 Å². The largest absolute Gasteiger partial charge is 0.347 e. The minimum atomic E-state index is 0.656. The number of rotatable bonds is 8. The molecule has 0 aliphatic rings. The molecule has 0 fully saturated rings. The number of benzene rings is 1. The van der Waals surface area contributed by atoms with E-state index in [1.807, 2.05) is 0 Å². The fourth-order valence-corrected chi connectivity index (χ4v) is 2.62. The van der Waals surface area contributed by atoms with Crippen LogP contribution in [-0.2, 0) is 13.1 Å². The molecule has 0 aliphatic heterocycles. The average Bonchev–Trinajstić information content (AvgIpc) is 2.87. The third kappa shape index (κ3) is 4.34. The molecule has 1 aromatic heterocycles. The Morgan fingerprint density at radius 3 is 2.86 bits per heavy atom. The van der Waals surface area contributed by atoms with Crippen LogP contribution in [0.15, 0.2) is 30.5 Å². The van der Waals surface area contributed by atoms with Crippen molar-refractivity contribution in [1.29, 1.82) is 5.26 Å². The predicted octanol–water partition coefficient (Wildman–Crippen LogP) is 4.08. The molecule has 0 spiro atoms. The molecule has 1 heterocycles. The summed E-state index contributed by atoms with van der Waals surface area (Å²) in [6.07, 6.45) is 4.87. The number of fused-ring (bicyclic) bond motifs is 1. The van der Waals surface area contributed by atoms with Crippen molar-refractivity contribution in [1.82, 2.24) is 9.88 Å². The van der Waals surface area contributed by atoms with Crippen LogP contribution in [0.25, 0.3) is 10.9 Å². The topological polar surface area (TPSA) is 40.8 Å². The van der Waals surface area contributed by atoms with Gasteiger partial charge in [-0.1, -0.05) is 26.0 Å². The maximum Gasteiger partial charge on any atom is 0.0621 e. The molecule has 21 heavy (non-hydrogen) atoms. The van der Waals surface area contributed by atoms with Crippen LogP contribution in [0.4, 0.5) is 0 Å². The van der Waals surface area contributed by atoms with Crippen molar-refractivity contribution in [2.75, 3.05) is 6.54 Å². The SMILES string of the molecule is CC(C)CNCc1cccc2c1ccn2CCCCC#N. The first kappa shape index (κ1) is 15.6. The van der Waals surface area contributed by atoms with Crippen molar-refractivity contribution < 1.29 is 0 Å². The normalized spacial score (nSPS) is 11.1. The summed E-state index contributed by atoms with van der Waals surface area (Å²) in [5, 5.41) is 13.4. The van der Waals surface area contributed by atoms with Gasteiger partial charge >= 0.3 is 0 Å². The summed E-state index contributed by atoms with van der Waals surface area (Å²) >= 11 is 0. The minimum Gasteiger partial charge on any atom is -0.347 e. The van der Waals surface area contributed by atoms with Crippen molar-refractivity contribution in [3.8, 4) is 6.07 Å². The highest BCUT2D eigenvalue weighted by molar-refractivity contribution is 5.83. The number of nitrogens with zero attached hydrogens (tertiary/aromatic N) is 2. The first-order valence-electron chi connectivity index (χ1n) is 7.86. The molecule has 0 saturated heterocycles. The molecule has 0 atom stereocenters. The number of nitrogens with one attached hydrogen (secondary N) is 1. The zero-order valence-corrected chi connectivity index (χ0v) is 13.1. The van der Waals surface area contributed by atoms with Crippen LogP contribution in [-0.4, -0.2) is 11.1 Å². The molecule has 0 bridgehead atoms. The van der Waals surface area contributed by atoms with Crippen LogP contribution in [0.3, 0.4) is 0 Å². The van der Waals surface area contributed by atoms with Crippen molar-refractivity contribution >= 4 is 10.9 Å². The van der Waals surface area contributed by atoms with Gasteiger partial charge in [-0.05, 0) is 43.0 Å². The van der Waals surface area contributed by atoms with Gasteiger partial charge in [-0.3, -0.25) is 0 Å². The quantitative estimate of drug-likeness (QED) is 0.742. The molecule has 1 N–H and O–H groups in total. The van der Waals surface area contributed by atoms with Gasteiger partial charge in [0, 0.05) is 36.6 Å². The number of nitriles is 1. The lowest BCUT2D eigenvalue weighted by atomic mass is 10.1. The molecule has 0 unspecified atom stereocenters. The summed E-state index contributed by atoms with van der Waals surface area (Å²) in [7, 11) is 0. The summed E-state index contributed by atoms with van der Waals surface area (Å²) in [4.78, 5) is 0. The number of aromatic nitrogens is 1. The fourth-order valence-electron chi connectivity index (χ4n) is 2.62. The maximum atomic E-state index is 8.59. The lowest BCUT2D eigenvalue weighted by Gasteiger charge is -2.09. The number of hydrogen-bond donors (Lipinski definition) is 1. The Balaban J connectivity index is 2.04. The lowest BCUT2D eigenvalue weighted by molar-refractivity contribution is 0.553. The number of unbranched alkanes of at least 4 members (excludes halogenated alkanes) is 2. The van der Waals surface area contributed by atoms with Crippen LogP contribution in [0, 0.1) is 17.2 Å². The molecule has 2 aromatic rings. The van der Waals surface area contributed by atoms with Crippen LogP contribution >= 0.6 is 0 Å². The smallest absolute Gasteiger partial charge is 0.0621 e. The maximum absolute atomic E-state index is 8.59. The zero-order chi connectivity index (χ0) is 15.1. The number of aryl methyl sites for hydroxylation is 1. The molecule has 2 rings (SSSR count). The molecular weight excluding hydrogens is 258 g/mol. The first-order valence-corrected chi connectivity index (χ1v) is 7.86. The van der Waals surface area contributed by atoms with Crippen molar-refractivity contribution in [3.63, 3.8) is 0 Å². The van der Waals surface area contributed by atoms with Gasteiger partial charge in [0.1, 0.15) is 0 Å². The average molecular weight is 283 g/mol. The minimum absolute atomic E-state index is 0.656. The van der Waals surface area contributed by atoms with E-state index in [0.29, 0.717) is 12.3 Å². The van der Waals surface area contributed by atoms with Gasteiger partial charge in [0.15, 0.2) is 0 Å². The second-order valence-corrected chi connectivity index (χ2v) is 6.00. The molecule has 0 saturated carbocycles. The van der Waals surface area contributed by atoms with Gasteiger partial charge in [-0.25, -0.2) is 0 Å². The predicted molar refractivity (Wildman–Crippen MR) is 87.9 cm³/mol. The molecule has 112 valence electrons. The lowest BCUT2D eigenvalue weighted by Crippen LogP contribution is -2.19. The Hall–Kier alpha value is -1.79. The second kappa shape index (κ2) is 7.85. The van der Waals surface area contributed by atoms with Crippen molar-refractivity contribution in [2.45, 2.75) is 46.2 Å². The van der Waals surface area contributed by atoms with E-state index in [-0.39, 0.29) is 0 Å². The van der Waals surface area contributed by atoms with E-state index in [4.69, 9.17) is 5.26 Å². The third-order valence-corrected chi connectivity index (χ3v) is 3.71. The second-order valence-electron chi connectivity index (χ2n) is 6.00. The van der Waals surface area contributed by atoms with Crippen LogP contribution in [0.5, 0.6) is 0 Å². The summed E-state index contributed by atoms with van der Waals surface area (Å²) in [5.41, 5.74) is 2.67. The van der Waals surface area contributed by atoms with E-state index in [0.717, 1.165) is 32.5 Å². The Kier molecular flexibility index (Phi) is 5.83. The standard InChI is InChI=1S/C18H25N3/c1-15(2)13-20-14-16-7-6-8-18-17(16)9-12-21(18)11-5-3-4-10-19/h6-9,12,15,20H,3-5,11,13-14H2,1-2H3. The first-order chi connectivity index (χ1) is 10.2. The van der Waals surface area contributed by atoms with Gasteiger partial charge < -0.3 is 9.88 Å². The van der Waals surface area contributed by atoms with Crippen LogP contribution in [0.2, 0.25) is 0 Å². The summed E-state index contributed by atoms with van der Waals surface area (Å²) < 4.78 is 2.30. The highest BCUT2D eigenvalue weighted by Gasteiger charge is 2.05. The summed E-state index contributed by atoms with van der Waals surface area (Å²) in [6.45, 7) is 7.42. The number of hydrogen-bond acceptors (Lipinski definition) is 2. The van der Waals surface area contributed by atoms with Gasteiger partial charge in [0.25, 0.3) is 0 Å².